The molecule has 0 spiro atoms. The minimum absolute atomic E-state index is 0.684. The molecule has 12 heteroatoms. The summed E-state index contributed by atoms with van der Waals surface area (Å²) in [7, 11) is 5.64. The standard InChI is InChI=1S/C33H44O8Si4/c1-34-42(35-2)29-17-9-25(10-18-29)33(26-11-19-30(20-12-26)43(36-3)37-4,27-13-21-31(22-14-27)44(38-5)39-6)28-15-23-32(24-16-28)45(40-7)41-8/h9-24,42-45H,1-8H3. The molecule has 4 aromatic carbocycles. The average molecular weight is 681 g/mol. The van der Waals surface area contributed by atoms with E-state index >= 15 is 0 Å². The van der Waals surface area contributed by atoms with Crippen LogP contribution < -0.4 is 20.7 Å². The second-order valence-electron chi connectivity index (χ2n) is 10.5. The lowest BCUT2D eigenvalue weighted by molar-refractivity contribution is 0.291. The highest BCUT2D eigenvalue weighted by Crippen LogP contribution is 2.44. The second-order valence-corrected chi connectivity index (χ2v) is 19.5. The highest BCUT2D eigenvalue weighted by atomic mass is 28.3. The quantitative estimate of drug-likeness (QED) is 0.128. The molecule has 8 nitrogen and oxygen atoms in total. The Balaban J connectivity index is 2.03. The maximum absolute atomic E-state index is 5.69. The van der Waals surface area contributed by atoms with Gasteiger partial charge in [0, 0.05) is 56.9 Å². The summed E-state index contributed by atoms with van der Waals surface area (Å²) in [5.41, 5.74) is 3.73. The molecule has 0 aliphatic carbocycles. The van der Waals surface area contributed by atoms with E-state index < -0.39 is 42.6 Å². The van der Waals surface area contributed by atoms with Crippen molar-refractivity contribution in [2.75, 3.05) is 56.9 Å². The van der Waals surface area contributed by atoms with Gasteiger partial charge in [-0.05, 0) is 43.0 Å². The van der Waals surface area contributed by atoms with Crippen LogP contribution >= 0.6 is 0 Å². The minimum Gasteiger partial charge on any atom is -0.397 e. The highest BCUT2D eigenvalue weighted by Gasteiger charge is 2.39. The van der Waals surface area contributed by atoms with E-state index in [4.69, 9.17) is 35.4 Å². The molecule has 0 amide bonds. The normalized spacial score (nSPS) is 12.2. The summed E-state index contributed by atoms with van der Waals surface area (Å²) in [5, 5.41) is 4.26. The van der Waals surface area contributed by atoms with Crippen molar-refractivity contribution < 1.29 is 35.4 Å². The fraction of sp³-hybridized carbons (Fsp3) is 0.273. The Hall–Kier alpha value is -2.57. The summed E-state index contributed by atoms with van der Waals surface area (Å²) in [5.74, 6) is 0. The zero-order chi connectivity index (χ0) is 32.4. The zero-order valence-electron chi connectivity index (χ0n) is 27.3. The minimum atomic E-state index is -1.99. The zero-order valence-corrected chi connectivity index (χ0v) is 31.9. The van der Waals surface area contributed by atoms with E-state index in [0.29, 0.717) is 0 Å². The molecule has 4 aromatic rings. The van der Waals surface area contributed by atoms with Gasteiger partial charge in [-0.3, -0.25) is 0 Å². The third-order valence-corrected chi connectivity index (χ3v) is 15.3. The molecule has 0 atom stereocenters. The number of hydrogen-bond acceptors (Lipinski definition) is 8. The fourth-order valence-corrected chi connectivity index (χ4v) is 11.0. The van der Waals surface area contributed by atoms with Crippen LogP contribution in [0.5, 0.6) is 0 Å². The monoisotopic (exact) mass is 680 g/mol. The van der Waals surface area contributed by atoms with Crippen LogP contribution in [0, 0.1) is 0 Å². The molecular weight excluding hydrogens is 637 g/mol. The lowest BCUT2D eigenvalue weighted by Gasteiger charge is -2.37. The largest absolute Gasteiger partial charge is 0.397 e. The molecule has 0 aromatic heterocycles. The summed E-state index contributed by atoms with van der Waals surface area (Å²) in [6, 6.07) is 34.5. The Morgan fingerprint density at radius 1 is 0.289 bits per heavy atom. The van der Waals surface area contributed by atoms with Crippen LogP contribution in [-0.2, 0) is 40.8 Å². The fourth-order valence-electron chi connectivity index (χ4n) is 6.03. The maximum Gasteiger partial charge on any atom is 0.355 e. The van der Waals surface area contributed by atoms with Crippen molar-refractivity contribution in [2.24, 2.45) is 0 Å². The highest BCUT2D eigenvalue weighted by molar-refractivity contribution is 6.62. The summed E-state index contributed by atoms with van der Waals surface area (Å²) in [4.78, 5) is 0. The molecule has 0 N–H and O–H groups in total. The molecule has 0 heterocycles. The predicted octanol–water partition coefficient (Wildman–Crippen LogP) is 0.951. The Bertz CT molecular complexity index is 1210. The lowest BCUT2D eigenvalue weighted by Crippen LogP contribution is -2.39. The third-order valence-electron chi connectivity index (χ3n) is 8.18. The molecule has 0 fully saturated rings. The van der Waals surface area contributed by atoms with E-state index in [1.54, 1.807) is 56.9 Å². The van der Waals surface area contributed by atoms with Crippen LogP contribution in [0.2, 0.25) is 0 Å². The SMILES string of the molecule is CO[SiH](OC)c1ccc(C(c2ccc([SiH](OC)OC)cc2)(c2ccc([SiH](OC)OC)cc2)c2ccc([SiH](OC)OC)cc2)cc1. The van der Waals surface area contributed by atoms with E-state index in [9.17, 15) is 0 Å². The average Bonchev–Trinajstić information content (AvgIpc) is 3.10. The molecule has 45 heavy (non-hydrogen) atoms. The van der Waals surface area contributed by atoms with Gasteiger partial charge in [0.1, 0.15) is 0 Å². The summed E-state index contributed by atoms with van der Waals surface area (Å²) in [6.07, 6.45) is 0. The predicted molar refractivity (Wildman–Crippen MR) is 188 cm³/mol. The molecule has 0 aliphatic heterocycles. The van der Waals surface area contributed by atoms with Crippen LogP contribution in [0.1, 0.15) is 22.3 Å². The van der Waals surface area contributed by atoms with Gasteiger partial charge in [0.2, 0.25) is 0 Å². The molecule has 0 unspecified atom stereocenters. The van der Waals surface area contributed by atoms with E-state index in [1.165, 1.54) is 0 Å². The Morgan fingerprint density at radius 2 is 0.444 bits per heavy atom. The van der Waals surface area contributed by atoms with Crippen molar-refractivity contribution in [3.05, 3.63) is 119 Å². The van der Waals surface area contributed by atoms with Gasteiger partial charge in [-0.25, -0.2) is 0 Å². The van der Waals surface area contributed by atoms with Crippen molar-refractivity contribution in [3.63, 3.8) is 0 Å². The van der Waals surface area contributed by atoms with Gasteiger partial charge >= 0.3 is 37.1 Å². The van der Waals surface area contributed by atoms with Crippen LogP contribution in [-0.4, -0.2) is 94.0 Å². The van der Waals surface area contributed by atoms with E-state index in [1.807, 2.05) is 0 Å². The van der Waals surface area contributed by atoms with Crippen molar-refractivity contribution in [1.29, 1.82) is 0 Å². The maximum atomic E-state index is 5.69. The van der Waals surface area contributed by atoms with Gasteiger partial charge in [-0.15, -0.1) is 0 Å². The molecule has 0 aliphatic rings. The van der Waals surface area contributed by atoms with Crippen molar-refractivity contribution in [1.82, 2.24) is 0 Å². The first-order valence-electron chi connectivity index (χ1n) is 14.6. The number of rotatable bonds is 16. The molecule has 0 saturated heterocycles. The molecule has 240 valence electrons. The molecule has 0 saturated carbocycles. The molecular formula is C33H44O8Si4. The Morgan fingerprint density at radius 3 is 0.578 bits per heavy atom. The first kappa shape index (κ1) is 35.3. The first-order valence-corrected chi connectivity index (χ1v) is 20.7. The van der Waals surface area contributed by atoms with Gasteiger partial charge in [0.05, 0.1) is 5.41 Å². The molecule has 4 rings (SSSR count). The number of hydrogen-bond donors (Lipinski definition) is 0. The van der Waals surface area contributed by atoms with Crippen LogP contribution in [0.3, 0.4) is 0 Å². The summed E-state index contributed by atoms with van der Waals surface area (Å²) < 4.78 is 45.5. The van der Waals surface area contributed by atoms with Gasteiger partial charge in [-0.2, -0.15) is 0 Å². The van der Waals surface area contributed by atoms with Crippen molar-refractivity contribution >= 4 is 57.9 Å². The number of benzene rings is 4. The van der Waals surface area contributed by atoms with Gasteiger partial charge in [0.25, 0.3) is 0 Å². The topological polar surface area (TPSA) is 73.8 Å². The first-order chi connectivity index (χ1) is 21.9. The van der Waals surface area contributed by atoms with E-state index in [-0.39, 0.29) is 0 Å². The van der Waals surface area contributed by atoms with Gasteiger partial charge in [-0.1, -0.05) is 97.1 Å². The van der Waals surface area contributed by atoms with Crippen molar-refractivity contribution in [3.8, 4) is 0 Å². The van der Waals surface area contributed by atoms with Gasteiger partial charge < -0.3 is 35.4 Å². The van der Waals surface area contributed by atoms with Gasteiger partial charge in [0.15, 0.2) is 0 Å². The smallest absolute Gasteiger partial charge is 0.355 e. The summed E-state index contributed by atoms with van der Waals surface area (Å²) in [6.45, 7) is 0. The van der Waals surface area contributed by atoms with Crippen LogP contribution in [0.25, 0.3) is 0 Å². The van der Waals surface area contributed by atoms with E-state index in [0.717, 1.165) is 43.0 Å². The van der Waals surface area contributed by atoms with E-state index in [2.05, 4.69) is 97.1 Å². The van der Waals surface area contributed by atoms with Crippen LogP contribution in [0.15, 0.2) is 97.1 Å². The van der Waals surface area contributed by atoms with Crippen molar-refractivity contribution in [2.45, 2.75) is 5.41 Å². The lowest BCUT2D eigenvalue weighted by atomic mass is 9.65. The molecule has 0 radical (unpaired) electrons. The second kappa shape index (κ2) is 16.8. The Kier molecular flexibility index (Phi) is 13.2. The Labute approximate surface area is 274 Å². The third kappa shape index (κ3) is 7.38. The molecule has 0 bridgehead atoms. The van der Waals surface area contributed by atoms with Crippen LogP contribution in [0.4, 0.5) is 0 Å². The summed E-state index contributed by atoms with van der Waals surface area (Å²) >= 11 is 0.